The topological polar surface area (TPSA) is 99.8 Å². The van der Waals surface area contributed by atoms with Gasteiger partial charge in [-0.3, -0.25) is 0 Å². The Labute approximate surface area is 123 Å². The van der Waals surface area contributed by atoms with Crippen LogP contribution in [0.1, 0.15) is 5.69 Å². The molecule has 7 nitrogen and oxygen atoms in total. The molecule has 0 spiro atoms. The first-order chi connectivity index (χ1) is 10.1. The Morgan fingerprint density at radius 3 is 2.55 bits per heavy atom. The van der Waals surface area contributed by atoms with E-state index in [2.05, 4.69) is 15.1 Å². The fourth-order valence-electron chi connectivity index (χ4n) is 1.54. The summed E-state index contributed by atoms with van der Waals surface area (Å²) < 4.78 is 70.4. The third-order valence-electron chi connectivity index (χ3n) is 2.59. The van der Waals surface area contributed by atoms with E-state index < -0.39 is 27.7 Å². The summed E-state index contributed by atoms with van der Waals surface area (Å²) in [5.41, 5.74) is -0.751. The van der Waals surface area contributed by atoms with Gasteiger partial charge in [0.05, 0.1) is 11.4 Å². The molecule has 0 aromatic carbocycles. The SMILES string of the molecule is O=S(=O)([O-])CC[n+]1ccc(-c2cc(C(F)(F)F)ncn2)cn1. The smallest absolute Gasteiger partial charge is 0.433 e. The van der Waals surface area contributed by atoms with Gasteiger partial charge in [0, 0.05) is 11.6 Å². The summed E-state index contributed by atoms with van der Waals surface area (Å²) in [5, 5.41) is 3.82. The molecule has 0 aliphatic rings. The van der Waals surface area contributed by atoms with Crippen LogP contribution in [0.4, 0.5) is 13.2 Å². The van der Waals surface area contributed by atoms with Crippen LogP contribution in [0.25, 0.3) is 11.3 Å². The van der Waals surface area contributed by atoms with Gasteiger partial charge in [-0.15, -0.1) is 0 Å². The summed E-state index contributed by atoms with van der Waals surface area (Å²) in [6.07, 6.45) is -1.22. The van der Waals surface area contributed by atoms with Crippen LogP contribution in [-0.4, -0.2) is 33.8 Å². The molecule has 0 aliphatic carbocycles. The molecule has 11 heteroatoms. The Kier molecular flexibility index (Phi) is 4.37. The molecule has 0 fully saturated rings. The molecule has 0 atom stereocenters. The van der Waals surface area contributed by atoms with Gasteiger partial charge in [0.1, 0.15) is 28.3 Å². The summed E-state index contributed by atoms with van der Waals surface area (Å²) in [6, 6.07) is 2.19. The van der Waals surface area contributed by atoms with Crippen LogP contribution in [0.3, 0.4) is 0 Å². The van der Waals surface area contributed by atoms with Crippen LogP contribution in [0.5, 0.6) is 0 Å². The van der Waals surface area contributed by atoms with Crippen molar-refractivity contribution in [3.8, 4) is 11.3 Å². The van der Waals surface area contributed by atoms with Gasteiger partial charge < -0.3 is 4.55 Å². The average Bonchev–Trinajstić information content (AvgIpc) is 2.44. The molecule has 2 heterocycles. The molecule has 2 aromatic heterocycles. The maximum atomic E-state index is 12.6. The Morgan fingerprint density at radius 2 is 2.00 bits per heavy atom. The first-order valence-electron chi connectivity index (χ1n) is 5.84. The number of hydrogen-bond donors (Lipinski definition) is 0. The molecular weight excluding hydrogens is 325 g/mol. The second kappa shape index (κ2) is 5.93. The molecule has 118 valence electrons. The molecule has 2 aromatic rings. The molecule has 0 bridgehead atoms. The second-order valence-electron chi connectivity index (χ2n) is 4.23. The first-order valence-corrected chi connectivity index (χ1v) is 7.42. The zero-order valence-corrected chi connectivity index (χ0v) is 11.7. The van der Waals surface area contributed by atoms with Crippen molar-refractivity contribution in [1.82, 2.24) is 15.1 Å². The van der Waals surface area contributed by atoms with E-state index in [0.29, 0.717) is 5.56 Å². The normalized spacial score (nSPS) is 12.4. The quantitative estimate of drug-likeness (QED) is 0.592. The van der Waals surface area contributed by atoms with E-state index >= 15 is 0 Å². The highest BCUT2D eigenvalue weighted by molar-refractivity contribution is 7.85. The minimum absolute atomic E-state index is 0.0263. The van der Waals surface area contributed by atoms with Crippen LogP contribution in [0.15, 0.2) is 30.9 Å². The van der Waals surface area contributed by atoms with E-state index in [0.717, 1.165) is 12.4 Å². The largest absolute Gasteiger partial charge is 0.748 e. The van der Waals surface area contributed by atoms with Gasteiger partial charge in [0.25, 0.3) is 0 Å². The highest BCUT2D eigenvalue weighted by Crippen LogP contribution is 2.29. The summed E-state index contributed by atoms with van der Waals surface area (Å²) in [4.78, 5) is 6.88. The summed E-state index contributed by atoms with van der Waals surface area (Å²) in [5.74, 6) is -0.629. The van der Waals surface area contributed by atoms with Crippen LogP contribution in [0, 0.1) is 0 Å². The lowest BCUT2D eigenvalue weighted by Crippen LogP contribution is -2.40. The highest BCUT2D eigenvalue weighted by Gasteiger charge is 2.32. The van der Waals surface area contributed by atoms with Crippen LogP contribution in [-0.2, 0) is 22.8 Å². The Balaban J connectivity index is 2.20. The number of halogens is 3. The minimum Gasteiger partial charge on any atom is -0.748 e. The van der Waals surface area contributed by atoms with Crippen molar-refractivity contribution in [2.24, 2.45) is 0 Å². The molecule has 2 rings (SSSR count). The summed E-state index contributed by atoms with van der Waals surface area (Å²) >= 11 is 0. The van der Waals surface area contributed by atoms with E-state index in [4.69, 9.17) is 0 Å². The molecule has 0 unspecified atom stereocenters. The maximum Gasteiger partial charge on any atom is 0.433 e. The van der Waals surface area contributed by atoms with Gasteiger partial charge in [-0.25, -0.2) is 18.4 Å². The van der Waals surface area contributed by atoms with Gasteiger partial charge in [-0.1, -0.05) is 4.68 Å². The predicted octanol–water partition coefficient (Wildman–Crippen LogP) is 0.390. The number of aromatic nitrogens is 4. The zero-order valence-electron chi connectivity index (χ0n) is 10.9. The van der Waals surface area contributed by atoms with Crippen molar-refractivity contribution in [2.45, 2.75) is 12.7 Å². The van der Waals surface area contributed by atoms with Crippen LogP contribution < -0.4 is 4.68 Å². The van der Waals surface area contributed by atoms with E-state index in [9.17, 15) is 26.1 Å². The van der Waals surface area contributed by atoms with Gasteiger partial charge in [-0.2, -0.15) is 13.2 Å². The maximum absolute atomic E-state index is 12.6. The van der Waals surface area contributed by atoms with Crippen molar-refractivity contribution in [2.75, 3.05) is 5.75 Å². The fraction of sp³-hybridized carbons (Fsp3) is 0.273. The van der Waals surface area contributed by atoms with Crippen molar-refractivity contribution >= 4 is 10.1 Å². The van der Waals surface area contributed by atoms with Gasteiger partial charge >= 0.3 is 6.18 Å². The van der Waals surface area contributed by atoms with Gasteiger partial charge in [0.15, 0.2) is 12.7 Å². The molecule has 0 N–H and O–H groups in total. The number of hydrogen-bond acceptors (Lipinski definition) is 6. The average molecular weight is 334 g/mol. The lowest BCUT2D eigenvalue weighted by Gasteiger charge is -2.06. The molecule has 22 heavy (non-hydrogen) atoms. The standard InChI is InChI=1S/C11H9F3N4O3S/c12-11(13,14)10-5-9(15-7-16-10)8-1-2-18(17-6-8)3-4-22(19,20)21/h1-2,5-7H,3-4H2. The van der Waals surface area contributed by atoms with Crippen molar-refractivity contribution in [1.29, 1.82) is 0 Å². The Bertz CT molecular complexity index is 763. The van der Waals surface area contributed by atoms with E-state index in [1.165, 1.54) is 23.1 Å². The summed E-state index contributed by atoms with van der Waals surface area (Å²) in [7, 11) is -4.36. The van der Waals surface area contributed by atoms with E-state index in [1.54, 1.807) is 0 Å². The monoisotopic (exact) mass is 334 g/mol. The first kappa shape index (κ1) is 16.2. The molecular formula is C11H9F3N4O3S. The third kappa shape index (κ3) is 4.43. The predicted molar refractivity (Wildman–Crippen MR) is 65.0 cm³/mol. The fourth-order valence-corrected chi connectivity index (χ4v) is 1.95. The molecule has 0 saturated carbocycles. The van der Waals surface area contributed by atoms with Gasteiger partial charge in [0.2, 0.25) is 0 Å². The minimum atomic E-state index is -4.58. The molecule has 0 aliphatic heterocycles. The Hall–Kier alpha value is -2.14. The number of nitrogens with zero attached hydrogens (tertiary/aromatic N) is 4. The number of rotatable bonds is 4. The van der Waals surface area contributed by atoms with Crippen molar-refractivity contribution < 1.29 is 30.8 Å². The number of alkyl halides is 3. The lowest BCUT2D eigenvalue weighted by atomic mass is 10.2. The van der Waals surface area contributed by atoms with Crippen molar-refractivity contribution in [3.63, 3.8) is 0 Å². The van der Waals surface area contributed by atoms with Crippen molar-refractivity contribution in [3.05, 3.63) is 36.5 Å². The Morgan fingerprint density at radius 1 is 1.27 bits per heavy atom. The van der Waals surface area contributed by atoms with Crippen LogP contribution in [0.2, 0.25) is 0 Å². The molecule has 0 radical (unpaired) electrons. The van der Waals surface area contributed by atoms with E-state index in [-0.39, 0.29) is 12.2 Å². The highest BCUT2D eigenvalue weighted by atomic mass is 32.2. The lowest BCUT2D eigenvalue weighted by molar-refractivity contribution is -0.750. The molecule has 0 saturated heterocycles. The second-order valence-corrected chi connectivity index (χ2v) is 5.75. The summed E-state index contributed by atoms with van der Waals surface area (Å²) in [6.45, 7) is -0.149. The zero-order chi connectivity index (χ0) is 16.4. The van der Waals surface area contributed by atoms with Crippen LogP contribution >= 0.6 is 0 Å². The number of aryl methyl sites for hydroxylation is 1. The van der Waals surface area contributed by atoms with E-state index in [1.807, 2.05) is 0 Å². The third-order valence-corrected chi connectivity index (χ3v) is 3.28. The van der Waals surface area contributed by atoms with Gasteiger partial charge in [-0.05, 0) is 11.2 Å². The molecule has 0 amide bonds.